The van der Waals surface area contributed by atoms with Crippen LogP contribution in [0.25, 0.3) is 22.3 Å². The second-order valence-corrected chi connectivity index (χ2v) is 6.22. The lowest BCUT2D eigenvalue weighted by Gasteiger charge is -2.00. The number of carboxylic acids is 2. The number of aromatic nitrogens is 8. The zero-order chi connectivity index (χ0) is 24.3. The maximum Gasteiger partial charge on any atom is 0.414 e. The second kappa shape index (κ2) is 8.94. The highest BCUT2D eigenvalue weighted by Gasteiger charge is 2.10. The third-order valence-electron chi connectivity index (χ3n) is 4.24. The number of nitrogens with zero attached hydrogens (tertiary/aromatic N) is 6. The van der Waals surface area contributed by atoms with Crippen LogP contribution in [0.3, 0.4) is 0 Å². The average Bonchev–Trinajstić information content (AvgIpc) is 3.44. The van der Waals surface area contributed by atoms with Crippen molar-refractivity contribution in [3.05, 3.63) is 54.3 Å². The summed E-state index contributed by atoms with van der Waals surface area (Å²) in [5.41, 5.74) is 0.0239. The van der Waals surface area contributed by atoms with Crippen LogP contribution in [0, 0.1) is 0 Å². The van der Waals surface area contributed by atoms with Crippen molar-refractivity contribution in [2.24, 2.45) is 28.2 Å². The summed E-state index contributed by atoms with van der Waals surface area (Å²) in [4.78, 5) is 77.0. The Morgan fingerprint density at radius 2 is 1.00 bits per heavy atom. The minimum atomic E-state index is -1.82. The molecule has 0 aliphatic heterocycles. The Morgan fingerprint density at radius 1 is 0.688 bits per heavy atom. The molecule has 0 aliphatic carbocycles. The van der Waals surface area contributed by atoms with Gasteiger partial charge in [-0.3, -0.25) is 27.9 Å². The molecule has 32 heavy (non-hydrogen) atoms. The summed E-state index contributed by atoms with van der Waals surface area (Å²) in [6, 6.07) is 0. The van der Waals surface area contributed by atoms with Crippen LogP contribution in [0.2, 0.25) is 0 Å². The van der Waals surface area contributed by atoms with E-state index in [0.29, 0.717) is 22.3 Å². The van der Waals surface area contributed by atoms with E-state index in [9.17, 15) is 19.2 Å². The normalized spacial score (nSPS) is 10.2. The van der Waals surface area contributed by atoms with Crippen LogP contribution >= 0.6 is 0 Å². The number of hydrogen-bond acceptors (Lipinski definition) is 8. The molecule has 0 saturated heterocycles. The molecule has 0 aromatic carbocycles. The molecule has 4 N–H and O–H groups in total. The highest BCUT2D eigenvalue weighted by molar-refractivity contribution is 6.27. The third kappa shape index (κ3) is 4.23. The molecule has 0 bridgehead atoms. The lowest BCUT2D eigenvalue weighted by Crippen LogP contribution is -2.36. The van der Waals surface area contributed by atoms with Crippen molar-refractivity contribution in [3.63, 3.8) is 0 Å². The summed E-state index contributed by atoms with van der Waals surface area (Å²) >= 11 is 0. The number of nitrogens with one attached hydrogen (secondary N) is 2. The van der Waals surface area contributed by atoms with Crippen LogP contribution in [0.15, 0.2) is 31.8 Å². The molecule has 4 aromatic rings. The van der Waals surface area contributed by atoms with Crippen LogP contribution in [0.1, 0.15) is 0 Å². The Bertz CT molecular complexity index is 1440. The van der Waals surface area contributed by atoms with Crippen LogP contribution < -0.4 is 22.5 Å². The molecule has 0 unspecified atom stereocenters. The van der Waals surface area contributed by atoms with Crippen LogP contribution in [-0.2, 0) is 37.8 Å². The number of aromatic amines is 2. The lowest BCUT2D eigenvalue weighted by atomic mass is 10.5. The first kappa shape index (κ1) is 23.5. The van der Waals surface area contributed by atoms with E-state index < -0.39 is 11.9 Å². The molecule has 0 radical (unpaired) electrons. The number of aryl methyl sites for hydroxylation is 2. The SMILES string of the molecule is Cn1c(=O)c2[nH]cnc2n(C)c1=O.Cn1c(=O)c2[nH]cnc2n(C)c1=O.O=C(O)C(=O)O. The molecule has 16 nitrogen and oxygen atoms in total. The van der Waals surface area contributed by atoms with E-state index in [1.807, 2.05) is 0 Å². The Kier molecular flexibility index (Phi) is 6.57. The van der Waals surface area contributed by atoms with Gasteiger partial charge in [-0.25, -0.2) is 29.1 Å². The first-order chi connectivity index (χ1) is 14.9. The quantitative estimate of drug-likeness (QED) is 0.200. The Hall–Kier alpha value is -4.76. The van der Waals surface area contributed by atoms with Crippen molar-refractivity contribution >= 4 is 34.3 Å². The summed E-state index contributed by atoms with van der Waals surface area (Å²) in [7, 11) is 6.02. The van der Waals surface area contributed by atoms with Gasteiger partial charge >= 0.3 is 23.3 Å². The largest absolute Gasteiger partial charge is 0.473 e. The molecule has 0 aliphatic rings. The van der Waals surface area contributed by atoms with Gasteiger partial charge in [-0.2, -0.15) is 0 Å². The van der Waals surface area contributed by atoms with Gasteiger partial charge in [-0.1, -0.05) is 0 Å². The van der Waals surface area contributed by atoms with Gasteiger partial charge in [-0.15, -0.1) is 0 Å². The molecular weight excluding hydrogens is 432 g/mol. The van der Waals surface area contributed by atoms with Gasteiger partial charge in [0.2, 0.25) is 0 Å². The molecule has 0 atom stereocenters. The zero-order valence-corrected chi connectivity index (χ0v) is 17.2. The van der Waals surface area contributed by atoms with E-state index in [0.717, 1.165) is 9.13 Å². The molecule has 0 fully saturated rings. The van der Waals surface area contributed by atoms with Gasteiger partial charge < -0.3 is 20.2 Å². The fraction of sp³-hybridized carbons (Fsp3) is 0.250. The van der Waals surface area contributed by atoms with E-state index >= 15 is 0 Å². The Morgan fingerprint density at radius 3 is 1.28 bits per heavy atom. The number of carbonyl (C=O) groups is 2. The first-order valence-electron chi connectivity index (χ1n) is 8.54. The number of imidazole rings is 2. The minimum Gasteiger partial charge on any atom is -0.473 e. The van der Waals surface area contributed by atoms with Gasteiger partial charge in [-0.05, 0) is 0 Å². The van der Waals surface area contributed by atoms with Crippen LogP contribution in [0.5, 0.6) is 0 Å². The summed E-state index contributed by atoms with van der Waals surface area (Å²) in [5.74, 6) is -3.65. The van der Waals surface area contributed by atoms with Crippen molar-refractivity contribution in [2.45, 2.75) is 0 Å². The van der Waals surface area contributed by atoms with Crippen molar-refractivity contribution in [2.75, 3.05) is 0 Å². The Balaban J connectivity index is 0.000000183. The zero-order valence-electron chi connectivity index (χ0n) is 17.2. The van der Waals surface area contributed by atoms with Gasteiger partial charge in [0.25, 0.3) is 11.1 Å². The minimum absolute atomic E-state index is 0.351. The second-order valence-electron chi connectivity index (χ2n) is 6.22. The molecule has 170 valence electrons. The molecule has 0 saturated carbocycles. The van der Waals surface area contributed by atoms with Gasteiger partial charge in [0.1, 0.15) is 11.0 Å². The first-order valence-corrected chi connectivity index (χ1v) is 8.54. The predicted octanol–water partition coefficient (Wildman–Crippen LogP) is -2.92. The van der Waals surface area contributed by atoms with Crippen molar-refractivity contribution in [3.8, 4) is 0 Å². The van der Waals surface area contributed by atoms with Crippen molar-refractivity contribution in [1.82, 2.24) is 38.2 Å². The highest BCUT2D eigenvalue weighted by atomic mass is 16.4. The fourth-order valence-corrected chi connectivity index (χ4v) is 2.54. The molecule has 4 rings (SSSR count). The van der Waals surface area contributed by atoms with E-state index in [1.165, 1.54) is 35.9 Å². The predicted molar refractivity (Wildman–Crippen MR) is 108 cm³/mol. The highest BCUT2D eigenvalue weighted by Crippen LogP contribution is 1.98. The lowest BCUT2D eigenvalue weighted by molar-refractivity contribution is -0.159. The number of fused-ring (bicyclic) bond motifs is 2. The number of aliphatic carboxylic acids is 2. The van der Waals surface area contributed by atoms with Gasteiger partial charge in [0.05, 0.1) is 12.7 Å². The van der Waals surface area contributed by atoms with Gasteiger partial charge in [0.15, 0.2) is 11.3 Å². The summed E-state index contributed by atoms with van der Waals surface area (Å²) < 4.78 is 4.74. The van der Waals surface area contributed by atoms with Crippen molar-refractivity contribution < 1.29 is 19.8 Å². The maximum absolute atomic E-state index is 11.4. The molecule has 0 spiro atoms. The third-order valence-corrected chi connectivity index (χ3v) is 4.24. The van der Waals surface area contributed by atoms with Gasteiger partial charge in [0, 0.05) is 28.2 Å². The van der Waals surface area contributed by atoms with Crippen LogP contribution in [0.4, 0.5) is 0 Å². The van der Waals surface area contributed by atoms with E-state index in [-0.39, 0.29) is 22.5 Å². The monoisotopic (exact) mass is 450 g/mol. The van der Waals surface area contributed by atoms with E-state index in [1.54, 1.807) is 14.1 Å². The molecule has 0 amide bonds. The molecule has 4 heterocycles. The smallest absolute Gasteiger partial charge is 0.414 e. The fourth-order valence-electron chi connectivity index (χ4n) is 2.54. The maximum atomic E-state index is 11.4. The number of carboxylic acid groups (broad SMARTS) is 2. The van der Waals surface area contributed by atoms with Crippen LogP contribution in [-0.4, -0.2) is 60.4 Å². The molecule has 16 heteroatoms. The average molecular weight is 450 g/mol. The standard InChI is InChI=1S/2C7H8N4O2.C2H2O4/c2*1-10-5-4(8-3-9-5)6(12)11(2)7(10)13;3-1(4)2(5)6/h2*3H,1-2H3,(H,8,9);(H,3,4)(H,5,6). The Labute approximate surface area is 175 Å². The molecular formula is C16H18N8O8. The number of hydrogen-bond donors (Lipinski definition) is 4. The topological polar surface area (TPSA) is 220 Å². The number of H-pyrrole nitrogens is 2. The summed E-state index contributed by atoms with van der Waals surface area (Å²) in [6.07, 6.45) is 2.79. The van der Waals surface area contributed by atoms with E-state index in [4.69, 9.17) is 19.8 Å². The van der Waals surface area contributed by atoms with E-state index in [2.05, 4.69) is 19.9 Å². The van der Waals surface area contributed by atoms with Crippen molar-refractivity contribution in [1.29, 1.82) is 0 Å². The summed E-state index contributed by atoms with van der Waals surface area (Å²) in [5, 5.41) is 14.8. The number of rotatable bonds is 0. The summed E-state index contributed by atoms with van der Waals surface area (Å²) in [6.45, 7) is 0. The molecule has 4 aromatic heterocycles.